The summed E-state index contributed by atoms with van der Waals surface area (Å²) >= 11 is 1.09. The molecule has 0 fully saturated rings. The molecule has 0 spiro atoms. The van der Waals surface area contributed by atoms with Crippen molar-refractivity contribution in [2.45, 2.75) is 5.22 Å². The number of thioether (sulfide) groups is 1. The Labute approximate surface area is 159 Å². The zero-order valence-corrected chi connectivity index (χ0v) is 15.4. The minimum Gasteiger partial charge on any atom is -0.507 e. The Bertz CT molecular complexity index is 944. The average Bonchev–Trinajstić information content (AvgIpc) is 3.15. The Hall–Kier alpha value is -3.20. The number of ether oxygens (including phenoxy) is 2. The van der Waals surface area contributed by atoms with Gasteiger partial charge in [-0.25, -0.2) is 0 Å². The fraction of sp³-hybridized carbons (Fsp3) is 0.167. The van der Waals surface area contributed by atoms with Gasteiger partial charge in [0, 0.05) is 6.07 Å². The molecule has 0 unspecified atom stereocenters. The molecule has 0 atom stereocenters. The summed E-state index contributed by atoms with van der Waals surface area (Å²) in [4.78, 5) is 12.2. The minimum atomic E-state index is -0.270. The number of phenolic OH excluding ortho intramolecular Hbond substituents is 1. The lowest BCUT2D eigenvalue weighted by atomic mass is 10.2. The van der Waals surface area contributed by atoms with Crippen LogP contribution in [0.15, 0.2) is 52.1 Å². The molecule has 1 heterocycles. The van der Waals surface area contributed by atoms with Gasteiger partial charge in [-0.15, -0.1) is 10.2 Å². The molecule has 3 aromatic rings. The first-order valence-electron chi connectivity index (χ1n) is 7.87. The highest BCUT2D eigenvalue weighted by Gasteiger charge is 2.15. The lowest BCUT2D eigenvalue weighted by molar-refractivity contribution is -0.113. The average molecular weight is 387 g/mol. The van der Waals surface area contributed by atoms with Gasteiger partial charge in [0.15, 0.2) is 0 Å². The number of benzene rings is 2. The number of hydrogen-bond donors (Lipinski definition) is 2. The van der Waals surface area contributed by atoms with Gasteiger partial charge in [0.05, 0.1) is 31.2 Å². The number of hydrogen-bond acceptors (Lipinski definition) is 8. The first-order chi connectivity index (χ1) is 13.1. The van der Waals surface area contributed by atoms with Crippen LogP contribution >= 0.6 is 11.8 Å². The van der Waals surface area contributed by atoms with Crippen molar-refractivity contribution in [3.63, 3.8) is 0 Å². The Morgan fingerprint density at radius 2 is 2.00 bits per heavy atom. The molecule has 2 N–H and O–H groups in total. The van der Waals surface area contributed by atoms with Gasteiger partial charge in [0.2, 0.25) is 5.91 Å². The maximum atomic E-state index is 12.2. The third-order valence-electron chi connectivity index (χ3n) is 3.55. The van der Waals surface area contributed by atoms with Gasteiger partial charge in [-0.2, -0.15) is 0 Å². The second-order valence-electron chi connectivity index (χ2n) is 5.29. The predicted octanol–water partition coefficient (Wildman–Crippen LogP) is 3.19. The third-order valence-corrected chi connectivity index (χ3v) is 4.37. The van der Waals surface area contributed by atoms with Crippen molar-refractivity contribution in [1.29, 1.82) is 0 Å². The number of aromatic hydroxyl groups is 1. The van der Waals surface area contributed by atoms with E-state index in [4.69, 9.17) is 13.9 Å². The monoisotopic (exact) mass is 387 g/mol. The Balaban J connectivity index is 1.63. The van der Waals surface area contributed by atoms with E-state index in [1.165, 1.54) is 13.2 Å². The normalized spacial score (nSPS) is 10.4. The maximum Gasteiger partial charge on any atom is 0.277 e. The molecule has 1 aromatic heterocycles. The summed E-state index contributed by atoms with van der Waals surface area (Å²) in [5, 5.41) is 20.6. The second kappa shape index (κ2) is 8.45. The first kappa shape index (κ1) is 18.6. The van der Waals surface area contributed by atoms with Gasteiger partial charge < -0.3 is 24.3 Å². The fourth-order valence-corrected chi connectivity index (χ4v) is 2.82. The molecule has 3 rings (SSSR count). The number of rotatable bonds is 7. The topological polar surface area (TPSA) is 107 Å². The van der Waals surface area contributed by atoms with Gasteiger partial charge in [-0.1, -0.05) is 23.9 Å². The third kappa shape index (κ3) is 4.50. The molecule has 2 aromatic carbocycles. The highest BCUT2D eigenvalue weighted by molar-refractivity contribution is 7.99. The smallest absolute Gasteiger partial charge is 0.277 e. The van der Waals surface area contributed by atoms with Crippen molar-refractivity contribution in [1.82, 2.24) is 10.2 Å². The molecule has 140 valence electrons. The van der Waals surface area contributed by atoms with Crippen LogP contribution in [-0.2, 0) is 4.79 Å². The number of carbonyl (C=O) groups is 1. The summed E-state index contributed by atoms with van der Waals surface area (Å²) in [6.45, 7) is 0. The van der Waals surface area contributed by atoms with Gasteiger partial charge >= 0.3 is 0 Å². The molecule has 1 amide bonds. The molecule has 0 bridgehead atoms. The number of carbonyl (C=O) groups excluding carboxylic acids is 1. The maximum absolute atomic E-state index is 12.2. The second-order valence-corrected chi connectivity index (χ2v) is 6.22. The van der Waals surface area contributed by atoms with E-state index >= 15 is 0 Å². The summed E-state index contributed by atoms with van der Waals surface area (Å²) < 4.78 is 15.9. The molecular weight excluding hydrogens is 370 g/mol. The fourth-order valence-electron chi connectivity index (χ4n) is 2.26. The molecule has 9 heteroatoms. The molecule has 0 aliphatic rings. The standard InChI is InChI=1S/C18H17N3O5S/c1-24-11-7-8-15(25-2)13(9-11)19-16(23)10-27-18-21-20-17(26-18)12-5-3-4-6-14(12)22/h3-9,22H,10H2,1-2H3,(H,19,23). The van der Waals surface area contributed by atoms with Crippen LogP contribution in [0.3, 0.4) is 0 Å². The van der Waals surface area contributed by atoms with E-state index in [2.05, 4.69) is 15.5 Å². The summed E-state index contributed by atoms with van der Waals surface area (Å²) in [5.41, 5.74) is 0.935. The number of methoxy groups -OCH3 is 2. The number of anilines is 1. The van der Waals surface area contributed by atoms with Gasteiger partial charge in [0.25, 0.3) is 11.1 Å². The van der Waals surface area contributed by atoms with E-state index in [-0.39, 0.29) is 28.5 Å². The van der Waals surface area contributed by atoms with Crippen LogP contribution in [0.1, 0.15) is 0 Å². The first-order valence-corrected chi connectivity index (χ1v) is 8.86. The largest absolute Gasteiger partial charge is 0.507 e. The van der Waals surface area contributed by atoms with Gasteiger partial charge in [0.1, 0.15) is 17.2 Å². The molecule has 27 heavy (non-hydrogen) atoms. The predicted molar refractivity (Wildman–Crippen MR) is 100 cm³/mol. The lowest BCUT2D eigenvalue weighted by Crippen LogP contribution is -2.14. The van der Waals surface area contributed by atoms with E-state index in [9.17, 15) is 9.90 Å². The van der Waals surface area contributed by atoms with Crippen LogP contribution in [-0.4, -0.2) is 41.2 Å². The number of aromatic nitrogens is 2. The van der Waals surface area contributed by atoms with E-state index in [1.807, 2.05) is 0 Å². The zero-order valence-electron chi connectivity index (χ0n) is 14.6. The van der Waals surface area contributed by atoms with Crippen molar-refractivity contribution in [3.05, 3.63) is 42.5 Å². The summed E-state index contributed by atoms with van der Waals surface area (Å²) in [6, 6.07) is 11.8. The molecule has 0 radical (unpaired) electrons. The van der Waals surface area contributed by atoms with Crippen LogP contribution < -0.4 is 14.8 Å². The van der Waals surface area contributed by atoms with Crippen LogP contribution in [0.2, 0.25) is 0 Å². The van der Waals surface area contributed by atoms with Crippen LogP contribution in [0, 0.1) is 0 Å². The van der Waals surface area contributed by atoms with Crippen LogP contribution in [0.25, 0.3) is 11.5 Å². The highest BCUT2D eigenvalue weighted by atomic mass is 32.2. The quantitative estimate of drug-likeness (QED) is 0.595. The molecule has 0 aliphatic carbocycles. The highest BCUT2D eigenvalue weighted by Crippen LogP contribution is 2.31. The van der Waals surface area contributed by atoms with E-state index < -0.39 is 0 Å². The number of phenols is 1. The number of para-hydroxylation sites is 1. The van der Waals surface area contributed by atoms with Crippen molar-refractivity contribution in [2.75, 3.05) is 25.3 Å². The Kier molecular flexibility index (Phi) is 5.82. The van der Waals surface area contributed by atoms with Crippen LogP contribution in [0.4, 0.5) is 5.69 Å². The molecule has 0 aliphatic heterocycles. The van der Waals surface area contributed by atoms with Crippen LogP contribution in [0.5, 0.6) is 17.2 Å². The summed E-state index contributed by atoms with van der Waals surface area (Å²) in [5.74, 6) is 1.14. The summed E-state index contributed by atoms with van der Waals surface area (Å²) in [7, 11) is 3.06. The van der Waals surface area contributed by atoms with E-state index in [0.717, 1.165) is 11.8 Å². The Morgan fingerprint density at radius 1 is 1.19 bits per heavy atom. The summed E-state index contributed by atoms with van der Waals surface area (Å²) in [6.07, 6.45) is 0. The molecule has 8 nitrogen and oxygen atoms in total. The number of nitrogens with zero attached hydrogens (tertiary/aromatic N) is 2. The van der Waals surface area contributed by atoms with Gasteiger partial charge in [-0.05, 0) is 24.3 Å². The molecule has 0 saturated carbocycles. The Morgan fingerprint density at radius 3 is 2.74 bits per heavy atom. The van der Waals surface area contributed by atoms with E-state index in [1.54, 1.807) is 43.5 Å². The zero-order chi connectivity index (χ0) is 19.2. The number of nitrogens with one attached hydrogen (secondary N) is 1. The van der Waals surface area contributed by atoms with Crippen molar-refractivity contribution in [3.8, 4) is 28.7 Å². The van der Waals surface area contributed by atoms with Crippen molar-refractivity contribution < 1.29 is 23.8 Å². The molecular formula is C18H17N3O5S. The van der Waals surface area contributed by atoms with Gasteiger partial charge in [-0.3, -0.25) is 4.79 Å². The van der Waals surface area contributed by atoms with E-state index in [0.29, 0.717) is 22.7 Å². The molecule has 0 saturated heterocycles. The lowest BCUT2D eigenvalue weighted by Gasteiger charge is -2.11. The van der Waals surface area contributed by atoms with Crippen molar-refractivity contribution in [2.24, 2.45) is 0 Å². The number of amides is 1. The minimum absolute atomic E-state index is 0.0422. The SMILES string of the molecule is COc1ccc(OC)c(NC(=O)CSc2nnc(-c3ccccc3O)o2)c1. The van der Waals surface area contributed by atoms with Crippen molar-refractivity contribution >= 4 is 23.4 Å².